The van der Waals surface area contributed by atoms with Gasteiger partial charge in [-0.05, 0) is 37.3 Å². The Morgan fingerprint density at radius 3 is 2.93 bits per heavy atom. The molecule has 0 aliphatic carbocycles. The lowest BCUT2D eigenvalue weighted by atomic mass is 10.2. The van der Waals surface area contributed by atoms with Crippen LogP contribution in [0.4, 0.5) is 0 Å². The van der Waals surface area contributed by atoms with Gasteiger partial charge in [0.15, 0.2) is 0 Å². The summed E-state index contributed by atoms with van der Waals surface area (Å²) in [4.78, 5) is 13.9. The summed E-state index contributed by atoms with van der Waals surface area (Å²) in [5, 5.41) is 18.8. The van der Waals surface area contributed by atoms with Crippen LogP contribution >= 0.6 is 22.9 Å². The molecule has 4 aromatic rings. The zero-order valence-corrected chi connectivity index (χ0v) is 15.9. The molecule has 3 heterocycles. The second-order valence-corrected chi connectivity index (χ2v) is 7.46. The van der Waals surface area contributed by atoms with E-state index >= 15 is 0 Å². The van der Waals surface area contributed by atoms with E-state index < -0.39 is 6.10 Å². The summed E-state index contributed by atoms with van der Waals surface area (Å²) < 4.78 is 6.89. The number of amides is 1. The zero-order valence-electron chi connectivity index (χ0n) is 14.3. The van der Waals surface area contributed by atoms with Gasteiger partial charge in [-0.2, -0.15) is 5.10 Å². The fraction of sp³-hybridized carbons (Fsp3) is 0.158. The first-order valence-electron chi connectivity index (χ1n) is 8.28. The zero-order chi connectivity index (χ0) is 19.0. The lowest BCUT2D eigenvalue weighted by Crippen LogP contribution is -2.27. The van der Waals surface area contributed by atoms with Crippen LogP contribution in [-0.2, 0) is 0 Å². The van der Waals surface area contributed by atoms with E-state index in [1.807, 2.05) is 31.2 Å². The Kier molecular flexibility index (Phi) is 4.73. The molecule has 138 valence electrons. The van der Waals surface area contributed by atoms with Gasteiger partial charge in [-0.3, -0.25) is 4.79 Å². The first-order chi connectivity index (χ1) is 13.0. The monoisotopic (exact) mass is 401 g/mol. The van der Waals surface area contributed by atoms with Gasteiger partial charge in [0, 0.05) is 5.39 Å². The number of furan rings is 1. The number of nitrogens with zero attached hydrogens (tertiary/aromatic N) is 2. The minimum Gasteiger partial charge on any atom is -0.467 e. The number of carbonyl (C=O) groups excluding carboxylic acids is 1. The van der Waals surface area contributed by atoms with Gasteiger partial charge < -0.3 is 14.8 Å². The lowest BCUT2D eigenvalue weighted by molar-refractivity contribution is 0.0905. The summed E-state index contributed by atoms with van der Waals surface area (Å²) in [7, 11) is 0. The third-order valence-corrected chi connectivity index (χ3v) is 5.61. The first-order valence-corrected chi connectivity index (χ1v) is 9.48. The summed E-state index contributed by atoms with van der Waals surface area (Å²) in [5.41, 5.74) is 1.58. The molecule has 8 heteroatoms. The largest absolute Gasteiger partial charge is 0.467 e. The van der Waals surface area contributed by atoms with Crippen molar-refractivity contribution >= 4 is 39.1 Å². The van der Waals surface area contributed by atoms with Gasteiger partial charge in [0.25, 0.3) is 5.91 Å². The molecule has 0 radical (unpaired) electrons. The molecule has 0 aliphatic heterocycles. The molecule has 1 unspecified atom stereocenters. The highest BCUT2D eigenvalue weighted by molar-refractivity contribution is 7.20. The number of aromatic nitrogens is 2. The Balaban J connectivity index is 1.59. The topological polar surface area (TPSA) is 80.3 Å². The van der Waals surface area contributed by atoms with E-state index in [1.54, 1.807) is 22.9 Å². The Morgan fingerprint density at radius 2 is 2.19 bits per heavy atom. The van der Waals surface area contributed by atoms with Crippen molar-refractivity contribution in [2.45, 2.75) is 13.0 Å². The molecule has 0 bridgehead atoms. The molecule has 0 saturated heterocycles. The number of carbonyl (C=O) groups is 1. The van der Waals surface area contributed by atoms with Gasteiger partial charge in [0.05, 0.1) is 34.1 Å². The van der Waals surface area contributed by atoms with E-state index in [0.717, 1.165) is 21.6 Å². The summed E-state index contributed by atoms with van der Waals surface area (Å²) in [6.07, 6.45) is 0.592. The molecular weight excluding hydrogens is 386 g/mol. The van der Waals surface area contributed by atoms with Gasteiger partial charge in [0.1, 0.15) is 16.7 Å². The van der Waals surface area contributed by atoms with Crippen molar-refractivity contribution in [3.05, 3.63) is 70.1 Å². The molecule has 0 spiro atoms. The molecule has 1 atom stereocenters. The number of aliphatic hydroxyl groups excluding tert-OH is 1. The molecule has 3 aromatic heterocycles. The molecule has 2 N–H and O–H groups in total. The maximum absolute atomic E-state index is 12.5. The average molecular weight is 402 g/mol. The van der Waals surface area contributed by atoms with Crippen molar-refractivity contribution in [2.75, 3.05) is 6.54 Å². The quantitative estimate of drug-likeness (QED) is 0.527. The molecule has 1 aromatic carbocycles. The second kappa shape index (κ2) is 7.19. The van der Waals surface area contributed by atoms with Gasteiger partial charge in [0.2, 0.25) is 0 Å². The van der Waals surface area contributed by atoms with E-state index in [-0.39, 0.29) is 12.5 Å². The van der Waals surface area contributed by atoms with E-state index in [1.165, 1.54) is 17.6 Å². The third kappa shape index (κ3) is 3.37. The number of hydrogen-bond acceptors (Lipinski definition) is 5. The fourth-order valence-corrected chi connectivity index (χ4v) is 4.11. The summed E-state index contributed by atoms with van der Waals surface area (Å²) in [6, 6.07) is 12.6. The number of aryl methyl sites for hydroxylation is 1. The standard InChI is InChI=1S/C19H16ClN3O3S/c1-11-12-9-17(18(25)21-10-15(24)16-7-4-8-26-16)27-19(12)23(22-11)14-6-3-2-5-13(14)20/h2-9,15,24H,10H2,1H3,(H,21,25). The third-order valence-electron chi connectivity index (χ3n) is 4.18. The predicted molar refractivity (Wildman–Crippen MR) is 105 cm³/mol. The average Bonchev–Trinajstić information content (AvgIpc) is 3.38. The predicted octanol–water partition coefficient (Wildman–Crippen LogP) is 4.11. The number of rotatable bonds is 5. The molecule has 0 saturated carbocycles. The summed E-state index contributed by atoms with van der Waals surface area (Å²) in [5.74, 6) is 0.156. The van der Waals surface area contributed by atoms with Crippen LogP contribution in [0.25, 0.3) is 15.9 Å². The Labute approximate surface area is 164 Å². The van der Waals surface area contributed by atoms with Crippen molar-refractivity contribution in [1.29, 1.82) is 0 Å². The Morgan fingerprint density at radius 1 is 1.37 bits per heavy atom. The van der Waals surface area contributed by atoms with Gasteiger partial charge >= 0.3 is 0 Å². The van der Waals surface area contributed by atoms with Crippen molar-refractivity contribution < 1.29 is 14.3 Å². The number of nitrogens with one attached hydrogen (secondary N) is 1. The fourth-order valence-electron chi connectivity index (χ4n) is 2.80. The SMILES string of the molecule is Cc1nn(-c2ccccc2Cl)c2sc(C(=O)NCC(O)c3ccco3)cc12. The number of thiophene rings is 1. The minimum atomic E-state index is -0.890. The van der Waals surface area contributed by atoms with Crippen LogP contribution in [-0.4, -0.2) is 27.3 Å². The highest BCUT2D eigenvalue weighted by Gasteiger charge is 2.19. The highest BCUT2D eigenvalue weighted by atomic mass is 35.5. The van der Waals surface area contributed by atoms with Gasteiger partial charge in [-0.15, -0.1) is 11.3 Å². The number of para-hydroxylation sites is 1. The van der Waals surface area contributed by atoms with Crippen LogP contribution in [0.5, 0.6) is 0 Å². The van der Waals surface area contributed by atoms with E-state index in [0.29, 0.717) is 15.7 Å². The summed E-state index contributed by atoms with van der Waals surface area (Å²) in [6.45, 7) is 1.96. The lowest BCUT2D eigenvalue weighted by Gasteiger charge is -2.08. The Bertz CT molecular complexity index is 1100. The molecular formula is C19H16ClN3O3S. The normalized spacial score (nSPS) is 12.4. The van der Waals surface area contributed by atoms with Crippen molar-refractivity contribution in [2.24, 2.45) is 0 Å². The maximum Gasteiger partial charge on any atom is 0.261 e. The molecule has 0 aliphatic rings. The number of fused-ring (bicyclic) bond motifs is 1. The van der Waals surface area contributed by atoms with E-state index in [2.05, 4.69) is 10.4 Å². The smallest absolute Gasteiger partial charge is 0.261 e. The van der Waals surface area contributed by atoms with Crippen molar-refractivity contribution in [3.63, 3.8) is 0 Å². The molecule has 1 amide bonds. The van der Waals surface area contributed by atoms with Crippen LogP contribution in [0.2, 0.25) is 5.02 Å². The number of benzene rings is 1. The number of hydrogen-bond donors (Lipinski definition) is 2. The van der Waals surface area contributed by atoms with E-state index in [9.17, 15) is 9.90 Å². The highest BCUT2D eigenvalue weighted by Crippen LogP contribution is 2.32. The minimum absolute atomic E-state index is 0.0657. The van der Waals surface area contributed by atoms with Gasteiger partial charge in [-0.1, -0.05) is 23.7 Å². The molecule has 6 nitrogen and oxygen atoms in total. The molecule has 27 heavy (non-hydrogen) atoms. The van der Waals surface area contributed by atoms with Crippen LogP contribution in [0, 0.1) is 6.92 Å². The van der Waals surface area contributed by atoms with Crippen LogP contribution in [0.3, 0.4) is 0 Å². The van der Waals surface area contributed by atoms with Crippen molar-refractivity contribution in [1.82, 2.24) is 15.1 Å². The Hall–Kier alpha value is -2.61. The molecule has 4 rings (SSSR count). The number of halogens is 1. The second-order valence-electron chi connectivity index (χ2n) is 6.02. The van der Waals surface area contributed by atoms with Crippen molar-refractivity contribution in [3.8, 4) is 5.69 Å². The summed E-state index contributed by atoms with van der Waals surface area (Å²) >= 11 is 7.63. The van der Waals surface area contributed by atoms with Crippen LogP contribution in [0.15, 0.2) is 53.1 Å². The van der Waals surface area contributed by atoms with E-state index in [4.69, 9.17) is 16.0 Å². The molecule has 0 fully saturated rings. The van der Waals surface area contributed by atoms with Crippen LogP contribution < -0.4 is 5.32 Å². The van der Waals surface area contributed by atoms with Crippen LogP contribution in [0.1, 0.15) is 27.2 Å². The first kappa shape index (κ1) is 17.8. The van der Waals surface area contributed by atoms with Gasteiger partial charge in [-0.25, -0.2) is 4.68 Å². The number of aliphatic hydroxyl groups is 1. The maximum atomic E-state index is 12.5.